The number of alkyl halides is 2. The van der Waals surface area contributed by atoms with Gasteiger partial charge in [-0.3, -0.25) is 9.48 Å². The van der Waals surface area contributed by atoms with Gasteiger partial charge >= 0.3 is 11.9 Å². The number of aromatic nitrogens is 2. The largest absolute Gasteiger partial charge is 0.465 e. The molecular formula is C18H19F2N3O5S. The average Bonchev–Trinajstić information content (AvgIpc) is 3.37. The van der Waals surface area contributed by atoms with E-state index in [0.717, 1.165) is 28.9 Å². The minimum Gasteiger partial charge on any atom is -0.465 e. The number of amides is 1. The summed E-state index contributed by atoms with van der Waals surface area (Å²) in [5, 5.41) is 6.70. The third-order valence-corrected chi connectivity index (χ3v) is 5.69. The van der Waals surface area contributed by atoms with Crippen LogP contribution in [0.4, 0.5) is 13.8 Å². The van der Waals surface area contributed by atoms with Crippen LogP contribution in [0.25, 0.3) is 0 Å². The van der Waals surface area contributed by atoms with E-state index in [4.69, 9.17) is 4.74 Å². The van der Waals surface area contributed by atoms with E-state index in [-0.39, 0.29) is 27.1 Å². The molecule has 2 aromatic heterocycles. The number of thiophene rings is 1. The summed E-state index contributed by atoms with van der Waals surface area (Å²) in [5.41, 5.74) is 0.517. The van der Waals surface area contributed by atoms with Crippen LogP contribution in [0, 0.1) is 6.92 Å². The zero-order chi connectivity index (χ0) is 21.3. The van der Waals surface area contributed by atoms with Crippen LogP contribution < -0.4 is 5.32 Å². The quantitative estimate of drug-likeness (QED) is 0.681. The van der Waals surface area contributed by atoms with Crippen molar-refractivity contribution < 1.29 is 32.6 Å². The molecule has 0 aromatic carbocycles. The third kappa shape index (κ3) is 4.29. The van der Waals surface area contributed by atoms with Crippen LogP contribution in [0.5, 0.6) is 0 Å². The number of carbonyl (C=O) groups excluding carboxylic acids is 3. The molecule has 1 amide bonds. The molecule has 1 fully saturated rings. The number of nitrogens with zero attached hydrogens (tertiary/aromatic N) is 2. The fraction of sp³-hybridized carbons (Fsp3) is 0.444. The number of methoxy groups -OCH3 is 2. The standard InChI is InChI=1S/C18H19F2N3O5S/c1-8-13(17(25)27-2)16(29-14(8)18(26)28-3)21-12(24)7-23-11(15(19)20)6-10(22-23)9-4-5-9/h6,9,15H,4-5,7H2,1-3H3,(H,21,24). The lowest BCUT2D eigenvalue weighted by Gasteiger charge is -2.08. The molecule has 0 spiro atoms. The second-order valence-electron chi connectivity index (χ2n) is 6.52. The predicted octanol–water partition coefficient (Wildman–Crippen LogP) is 3.28. The van der Waals surface area contributed by atoms with Gasteiger partial charge in [0.1, 0.15) is 22.1 Å². The van der Waals surface area contributed by atoms with Gasteiger partial charge in [-0.05, 0) is 31.4 Å². The number of hydrogen-bond donors (Lipinski definition) is 1. The van der Waals surface area contributed by atoms with E-state index in [2.05, 4.69) is 15.2 Å². The van der Waals surface area contributed by atoms with Crippen LogP contribution >= 0.6 is 11.3 Å². The maximum atomic E-state index is 13.3. The Morgan fingerprint density at radius 1 is 1.28 bits per heavy atom. The van der Waals surface area contributed by atoms with E-state index in [0.29, 0.717) is 11.3 Å². The van der Waals surface area contributed by atoms with Gasteiger partial charge in [-0.2, -0.15) is 5.10 Å². The SMILES string of the molecule is COC(=O)c1sc(NC(=O)Cn2nc(C3CC3)cc2C(F)F)c(C(=O)OC)c1C. The predicted molar refractivity (Wildman–Crippen MR) is 99.5 cm³/mol. The zero-order valence-corrected chi connectivity index (χ0v) is 16.8. The van der Waals surface area contributed by atoms with E-state index < -0.39 is 30.8 Å². The van der Waals surface area contributed by atoms with Gasteiger partial charge in [0.05, 0.1) is 25.5 Å². The van der Waals surface area contributed by atoms with Gasteiger partial charge in [0.15, 0.2) is 0 Å². The maximum Gasteiger partial charge on any atom is 0.348 e. The third-order valence-electron chi connectivity index (χ3n) is 4.50. The van der Waals surface area contributed by atoms with Crippen molar-refractivity contribution in [1.82, 2.24) is 9.78 Å². The Hall–Kier alpha value is -2.82. The van der Waals surface area contributed by atoms with Crippen molar-refractivity contribution in [2.45, 2.75) is 38.7 Å². The van der Waals surface area contributed by atoms with Crippen LogP contribution in [0.3, 0.4) is 0 Å². The normalized spacial score (nSPS) is 13.4. The number of carbonyl (C=O) groups is 3. The van der Waals surface area contributed by atoms with Crippen molar-refractivity contribution in [2.75, 3.05) is 19.5 Å². The van der Waals surface area contributed by atoms with Crippen molar-refractivity contribution in [3.8, 4) is 0 Å². The van der Waals surface area contributed by atoms with Crippen molar-refractivity contribution in [3.05, 3.63) is 33.5 Å². The highest BCUT2D eigenvalue weighted by Crippen LogP contribution is 2.40. The average molecular weight is 427 g/mol. The van der Waals surface area contributed by atoms with Crippen LogP contribution in [0.15, 0.2) is 6.07 Å². The minimum atomic E-state index is -2.77. The van der Waals surface area contributed by atoms with E-state index in [9.17, 15) is 23.2 Å². The molecule has 0 unspecified atom stereocenters. The van der Waals surface area contributed by atoms with Crippen LogP contribution in [-0.4, -0.2) is 41.8 Å². The molecule has 0 aliphatic heterocycles. The van der Waals surface area contributed by atoms with Crippen LogP contribution in [0.2, 0.25) is 0 Å². The molecule has 0 bridgehead atoms. The summed E-state index contributed by atoms with van der Waals surface area (Å²) in [6.07, 6.45) is -0.999. The minimum absolute atomic E-state index is 0.0134. The first-order valence-corrected chi connectivity index (χ1v) is 9.54. The number of nitrogens with one attached hydrogen (secondary N) is 1. The second kappa shape index (κ2) is 8.27. The van der Waals surface area contributed by atoms with E-state index >= 15 is 0 Å². The lowest BCUT2D eigenvalue weighted by Crippen LogP contribution is -2.22. The Kier molecular flexibility index (Phi) is 5.96. The van der Waals surface area contributed by atoms with Gasteiger partial charge in [0.25, 0.3) is 6.43 Å². The number of halogens is 2. The Morgan fingerprint density at radius 2 is 1.93 bits per heavy atom. The summed E-state index contributed by atoms with van der Waals surface area (Å²) in [4.78, 5) is 36.6. The summed E-state index contributed by atoms with van der Waals surface area (Å²) < 4.78 is 37.0. The summed E-state index contributed by atoms with van der Waals surface area (Å²) >= 11 is 0.847. The number of anilines is 1. The molecule has 0 atom stereocenters. The fourth-order valence-corrected chi connectivity index (χ4v) is 4.00. The summed E-state index contributed by atoms with van der Waals surface area (Å²) in [7, 11) is 2.36. The lowest BCUT2D eigenvalue weighted by atomic mass is 10.1. The van der Waals surface area contributed by atoms with Crippen molar-refractivity contribution in [3.63, 3.8) is 0 Å². The van der Waals surface area contributed by atoms with Crippen LogP contribution in [0.1, 0.15) is 62.2 Å². The number of hydrogen-bond acceptors (Lipinski definition) is 7. The Morgan fingerprint density at radius 3 is 2.48 bits per heavy atom. The van der Waals surface area contributed by atoms with Crippen molar-refractivity contribution >= 4 is 34.2 Å². The smallest absolute Gasteiger partial charge is 0.348 e. The lowest BCUT2D eigenvalue weighted by molar-refractivity contribution is -0.117. The molecule has 11 heteroatoms. The highest BCUT2D eigenvalue weighted by atomic mass is 32.1. The molecule has 156 valence electrons. The van der Waals surface area contributed by atoms with E-state index in [1.165, 1.54) is 27.2 Å². The van der Waals surface area contributed by atoms with Crippen molar-refractivity contribution in [2.24, 2.45) is 0 Å². The van der Waals surface area contributed by atoms with Gasteiger partial charge in [0.2, 0.25) is 5.91 Å². The van der Waals surface area contributed by atoms with Gasteiger partial charge in [0, 0.05) is 5.92 Å². The molecule has 29 heavy (non-hydrogen) atoms. The van der Waals surface area contributed by atoms with Crippen molar-refractivity contribution in [1.29, 1.82) is 0 Å². The van der Waals surface area contributed by atoms with E-state index in [1.54, 1.807) is 0 Å². The second-order valence-corrected chi connectivity index (χ2v) is 7.54. The van der Waals surface area contributed by atoms with Gasteiger partial charge in [-0.15, -0.1) is 11.3 Å². The molecule has 1 N–H and O–H groups in total. The molecule has 1 saturated carbocycles. The molecule has 1 aliphatic carbocycles. The van der Waals surface area contributed by atoms with Gasteiger partial charge in [-0.1, -0.05) is 0 Å². The highest BCUT2D eigenvalue weighted by Gasteiger charge is 2.30. The van der Waals surface area contributed by atoms with Gasteiger partial charge in [-0.25, -0.2) is 18.4 Å². The summed E-state index contributed by atoms with van der Waals surface area (Å²) in [6, 6.07) is 1.32. The molecule has 1 aliphatic rings. The number of esters is 2. The molecule has 2 heterocycles. The zero-order valence-electron chi connectivity index (χ0n) is 16.0. The van der Waals surface area contributed by atoms with Crippen LogP contribution in [-0.2, 0) is 20.8 Å². The van der Waals surface area contributed by atoms with Gasteiger partial charge < -0.3 is 14.8 Å². The first kappa shape index (κ1) is 20.9. The Labute approximate surface area is 168 Å². The number of ether oxygens (including phenoxy) is 2. The maximum absolute atomic E-state index is 13.3. The molecule has 0 saturated heterocycles. The molecule has 3 rings (SSSR count). The molecule has 8 nitrogen and oxygen atoms in total. The summed E-state index contributed by atoms with van der Waals surface area (Å²) in [5.74, 6) is -1.92. The fourth-order valence-electron chi connectivity index (χ4n) is 2.87. The Bertz CT molecular complexity index is 965. The topological polar surface area (TPSA) is 99.5 Å². The molecular weight excluding hydrogens is 408 g/mol. The van der Waals surface area contributed by atoms with E-state index in [1.807, 2.05) is 0 Å². The number of rotatable bonds is 7. The first-order valence-electron chi connectivity index (χ1n) is 8.72. The first-order chi connectivity index (χ1) is 13.8. The summed E-state index contributed by atoms with van der Waals surface area (Å²) in [6.45, 7) is 1.06. The molecule has 2 aromatic rings. The monoisotopic (exact) mass is 427 g/mol. The Balaban J connectivity index is 1.85. The highest BCUT2D eigenvalue weighted by molar-refractivity contribution is 7.18. The molecule has 0 radical (unpaired) electrons.